The summed E-state index contributed by atoms with van der Waals surface area (Å²) in [6.07, 6.45) is 0.855. The molecule has 17 heavy (non-hydrogen) atoms. The van der Waals surface area contributed by atoms with Crippen LogP contribution in [0.4, 0.5) is 4.39 Å². The van der Waals surface area contributed by atoms with Gasteiger partial charge in [-0.25, -0.2) is 4.39 Å². The molecule has 1 N–H and O–H groups in total. The molecule has 0 aliphatic rings. The molecule has 0 heterocycles. The standard InChI is InChI=1S/C14H22FNO/c1-5-13(17-6-2)14(16-4)11-9-10(3)7-8-12(11)15/h7-9,13-14,16H,5-6H2,1-4H3. The van der Waals surface area contributed by atoms with Crippen LogP contribution in [-0.4, -0.2) is 19.8 Å². The maximum Gasteiger partial charge on any atom is 0.128 e. The highest BCUT2D eigenvalue weighted by atomic mass is 19.1. The van der Waals surface area contributed by atoms with Crippen molar-refractivity contribution in [3.05, 3.63) is 35.1 Å². The largest absolute Gasteiger partial charge is 0.377 e. The fourth-order valence-electron chi connectivity index (χ4n) is 2.11. The zero-order valence-corrected chi connectivity index (χ0v) is 11.1. The van der Waals surface area contributed by atoms with Crippen molar-refractivity contribution in [3.63, 3.8) is 0 Å². The maximum absolute atomic E-state index is 13.8. The fraction of sp³-hybridized carbons (Fsp3) is 0.571. The second-order valence-electron chi connectivity index (χ2n) is 4.19. The van der Waals surface area contributed by atoms with Gasteiger partial charge in [0.2, 0.25) is 0 Å². The quantitative estimate of drug-likeness (QED) is 0.823. The second kappa shape index (κ2) is 6.72. The van der Waals surface area contributed by atoms with Crippen molar-refractivity contribution in [2.45, 2.75) is 39.3 Å². The summed E-state index contributed by atoms with van der Waals surface area (Å²) in [5.41, 5.74) is 1.75. The van der Waals surface area contributed by atoms with Gasteiger partial charge in [-0.05, 0) is 33.4 Å². The van der Waals surface area contributed by atoms with Crippen LogP contribution in [0, 0.1) is 12.7 Å². The molecule has 0 aliphatic carbocycles. The van der Waals surface area contributed by atoms with E-state index in [1.165, 1.54) is 6.07 Å². The van der Waals surface area contributed by atoms with E-state index in [-0.39, 0.29) is 18.0 Å². The van der Waals surface area contributed by atoms with Gasteiger partial charge in [-0.3, -0.25) is 0 Å². The Kier molecular flexibility index (Phi) is 5.59. The van der Waals surface area contributed by atoms with Crippen LogP contribution in [-0.2, 0) is 4.74 Å². The van der Waals surface area contributed by atoms with E-state index in [0.29, 0.717) is 12.2 Å². The first kappa shape index (κ1) is 14.1. The van der Waals surface area contributed by atoms with E-state index in [9.17, 15) is 4.39 Å². The van der Waals surface area contributed by atoms with Crippen molar-refractivity contribution in [1.29, 1.82) is 0 Å². The maximum atomic E-state index is 13.8. The normalized spacial score (nSPS) is 14.6. The van der Waals surface area contributed by atoms with E-state index in [2.05, 4.69) is 12.2 Å². The molecule has 2 nitrogen and oxygen atoms in total. The molecule has 1 aromatic carbocycles. The van der Waals surface area contributed by atoms with E-state index in [1.807, 2.05) is 27.0 Å². The highest BCUT2D eigenvalue weighted by molar-refractivity contribution is 5.27. The Morgan fingerprint density at radius 2 is 2.06 bits per heavy atom. The summed E-state index contributed by atoms with van der Waals surface area (Å²) in [7, 11) is 1.84. The summed E-state index contributed by atoms with van der Waals surface area (Å²) in [5, 5.41) is 3.16. The summed E-state index contributed by atoms with van der Waals surface area (Å²) in [4.78, 5) is 0. The van der Waals surface area contributed by atoms with Crippen molar-refractivity contribution < 1.29 is 9.13 Å². The van der Waals surface area contributed by atoms with Crippen LogP contribution in [0.25, 0.3) is 0 Å². The van der Waals surface area contributed by atoms with Gasteiger partial charge in [-0.15, -0.1) is 0 Å². The zero-order valence-electron chi connectivity index (χ0n) is 11.1. The molecule has 2 atom stereocenters. The van der Waals surface area contributed by atoms with Crippen LogP contribution in [0.15, 0.2) is 18.2 Å². The topological polar surface area (TPSA) is 21.3 Å². The van der Waals surface area contributed by atoms with Gasteiger partial charge in [0.05, 0.1) is 12.1 Å². The summed E-state index contributed by atoms with van der Waals surface area (Å²) in [6.45, 7) is 6.63. The van der Waals surface area contributed by atoms with E-state index in [1.54, 1.807) is 6.07 Å². The van der Waals surface area contributed by atoms with Gasteiger partial charge in [0.15, 0.2) is 0 Å². The minimum atomic E-state index is -0.173. The van der Waals surface area contributed by atoms with Crippen molar-refractivity contribution in [2.24, 2.45) is 0 Å². The molecule has 0 bridgehead atoms. The average Bonchev–Trinajstić information content (AvgIpc) is 2.33. The Hall–Kier alpha value is -0.930. The molecule has 0 aliphatic heterocycles. The third-order valence-electron chi connectivity index (χ3n) is 2.95. The van der Waals surface area contributed by atoms with Crippen molar-refractivity contribution in [1.82, 2.24) is 5.32 Å². The number of ether oxygens (including phenoxy) is 1. The number of nitrogens with one attached hydrogen (secondary N) is 1. The number of aryl methyl sites for hydroxylation is 1. The first-order chi connectivity index (χ1) is 8.13. The lowest BCUT2D eigenvalue weighted by atomic mass is 9.97. The van der Waals surface area contributed by atoms with Crippen LogP contribution in [0.2, 0.25) is 0 Å². The highest BCUT2D eigenvalue weighted by Crippen LogP contribution is 2.24. The molecule has 2 unspecified atom stereocenters. The van der Waals surface area contributed by atoms with Gasteiger partial charge in [0, 0.05) is 12.2 Å². The molecule has 96 valence electrons. The van der Waals surface area contributed by atoms with Crippen molar-refractivity contribution in [2.75, 3.05) is 13.7 Å². The Morgan fingerprint density at radius 3 is 2.59 bits per heavy atom. The monoisotopic (exact) mass is 239 g/mol. The molecule has 1 rings (SSSR count). The minimum Gasteiger partial charge on any atom is -0.377 e. The minimum absolute atomic E-state index is 0.00120. The van der Waals surface area contributed by atoms with E-state index in [0.717, 1.165) is 12.0 Å². The van der Waals surface area contributed by atoms with Crippen molar-refractivity contribution in [3.8, 4) is 0 Å². The van der Waals surface area contributed by atoms with Crippen LogP contribution in [0.1, 0.15) is 37.4 Å². The van der Waals surface area contributed by atoms with Gasteiger partial charge in [0.1, 0.15) is 5.82 Å². The smallest absolute Gasteiger partial charge is 0.128 e. The Bertz CT molecular complexity index is 354. The number of hydrogen-bond acceptors (Lipinski definition) is 2. The molecule has 0 saturated carbocycles. The van der Waals surface area contributed by atoms with E-state index >= 15 is 0 Å². The van der Waals surface area contributed by atoms with Crippen LogP contribution in [0.3, 0.4) is 0 Å². The number of halogens is 1. The summed E-state index contributed by atoms with van der Waals surface area (Å²) in [5.74, 6) is -0.173. The van der Waals surface area contributed by atoms with Crippen LogP contribution in [0.5, 0.6) is 0 Å². The average molecular weight is 239 g/mol. The molecule has 0 amide bonds. The third kappa shape index (κ3) is 3.51. The molecule has 1 aromatic rings. The van der Waals surface area contributed by atoms with Gasteiger partial charge in [-0.1, -0.05) is 24.6 Å². The molecule has 0 aromatic heterocycles. The summed E-state index contributed by atoms with van der Waals surface area (Å²) < 4.78 is 19.5. The molecule has 0 fully saturated rings. The van der Waals surface area contributed by atoms with Crippen molar-refractivity contribution >= 4 is 0 Å². The molecule has 0 radical (unpaired) electrons. The first-order valence-electron chi connectivity index (χ1n) is 6.18. The highest BCUT2D eigenvalue weighted by Gasteiger charge is 2.23. The lowest BCUT2D eigenvalue weighted by Crippen LogP contribution is -2.32. The Balaban J connectivity index is 3.02. The summed E-state index contributed by atoms with van der Waals surface area (Å²) >= 11 is 0. The number of benzene rings is 1. The summed E-state index contributed by atoms with van der Waals surface area (Å²) in [6, 6.07) is 5.10. The SMILES string of the molecule is CCOC(CC)C(NC)c1cc(C)ccc1F. The second-order valence-corrected chi connectivity index (χ2v) is 4.19. The van der Waals surface area contributed by atoms with Gasteiger partial charge in [-0.2, -0.15) is 0 Å². The lowest BCUT2D eigenvalue weighted by Gasteiger charge is -2.26. The Morgan fingerprint density at radius 1 is 1.35 bits per heavy atom. The van der Waals surface area contributed by atoms with E-state index < -0.39 is 0 Å². The molecule has 3 heteroatoms. The predicted molar refractivity (Wildman–Crippen MR) is 68.6 cm³/mol. The number of likely N-dealkylation sites (N-methyl/N-ethyl adjacent to an activating group) is 1. The zero-order chi connectivity index (χ0) is 12.8. The lowest BCUT2D eigenvalue weighted by molar-refractivity contribution is 0.0325. The number of rotatable bonds is 6. The molecule has 0 spiro atoms. The Labute approximate surface area is 103 Å². The number of hydrogen-bond donors (Lipinski definition) is 1. The van der Waals surface area contributed by atoms with E-state index in [4.69, 9.17) is 4.74 Å². The molecular formula is C14H22FNO. The predicted octanol–water partition coefficient (Wildman–Crippen LogP) is 3.21. The molecule has 0 saturated heterocycles. The molecular weight excluding hydrogens is 217 g/mol. The van der Waals surface area contributed by atoms with Gasteiger partial charge in [0.25, 0.3) is 0 Å². The van der Waals surface area contributed by atoms with Gasteiger partial charge >= 0.3 is 0 Å². The van der Waals surface area contributed by atoms with Crippen LogP contribution < -0.4 is 5.32 Å². The van der Waals surface area contributed by atoms with Crippen LogP contribution >= 0.6 is 0 Å². The van der Waals surface area contributed by atoms with Gasteiger partial charge < -0.3 is 10.1 Å². The first-order valence-corrected chi connectivity index (χ1v) is 6.18. The third-order valence-corrected chi connectivity index (χ3v) is 2.95. The fourth-order valence-corrected chi connectivity index (χ4v) is 2.11.